The lowest BCUT2D eigenvalue weighted by Crippen LogP contribution is -2.32. The van der Waals surface area contributed by atoms with E-state index in [0.717, 1.165) is 86.0 Å². The minimum atomic E-state index is -0.864. The predicted octanol–water partition coefficient (Wildman–Crippen LogP) is 18.2. The topological polar surface area (TPSA) is 325 Å². The Bertz CT molecular complexity index is 6580. The number of rotatable bonds is 17. The van der Waals surface area contributed by atoms with Crippen LogP contribution in [0, 0.1) is 82.1 Å². The highest BCUT2D eigenvalue weighted by atomic mass is 16.7. The molecule has 0 radical (unpaired) electrons. The Kier molecular flexibility index (Phi) is 27.2. The first-order valence-corrected chi connectivity index (χ1v) is 40.4. The number of nitrogens with zero attached hydrogens (tertiary/aromatic N) is 11. The number of imide groups is 1. The largest absolute Gasteiger partial charge is 0.363 e. The Hall–Kier alpha value is -15.0. The molecule has 15 aromatic rings. The summed E-state index contributed by atoms with van der Waals surface area (Å²) in [6, 6.07) is 55.6. The van der Waals surface area contributed by atoms with Crippen molar-refractivity contribution in [3.63, 3.8) is 0 Å². The number of hydroxylamine groups is 2. The van der Waals surface area contributed by atoms with E-state index in [9.17, 15) is 43.2 Å². The number of hydrogen-bond acceptors (Lipinski definition) is 15. The summed E-state index contributed by atoms with van der Waals surface area (Å²) in [5, 5.41) is 17.8. The predicted molar refractivity (Wildman–Crippen MR) is 478 cm³/mol. The van der Waals surface area contributed by atoms with Crippen molar-refractivity contribution < 1.29 is 48.0 Å². The third kappa shape index (κ3) is 21.4. The van der Waals surface area contributed by atoms with Gasteiger partial charge in [-0.25, -0.2) is 29.7 Å². The molecule has 16 rings (SSSR count). The molecule has 5 aromatic carbocycles. The lowest BCUT2D eigenvalue weighted by Gasteiger charge is -2.13. The highest BCUT2D eigenvalue weighted by Gasteiger charge is 2.33. The Labute approximate surface area is 712 Å². The van der Waals surface area contributed by atoms with Gasteiger partial charge >= 0.3 is 5.97 Å². The quantitative estimate of drug-likeness (QED) is 0.0462. The average Bonchev–Trinajstić information content (AvgIpc) is 1.68. The number of carbonyl (C=O) groups excluding carboxylic acids is 9. The van der Waals surface area contributed by atoms with Crippen LogP contribution in [0.3, 0.4) is 0 Å². The summed E-state index contributed by atoms with van der Waals surface area (Å²) in [5.74, 6) is -2.06. The van der Waals surface area contributed by atoms with Crippen molar-refractivity contribution in [1.82, 2.24) is 52.0 Å². The minimum Gasteiger partial charge on any atom is -0.326 e. The standard InChI is InChI=1S/C21H18N4O5.C20H23N3O.C19H20N4O2.C19H21N3O.C17H17N3O/c1-12-10-13(2)24-9-8-16(19(24)22-12)20(28)23-15-5-3-4-14(11-15)21(29)30-25-17(26)6-7-18(25)27;1-13(2)10-16-6-5-7-17(12-16)22-20(24)18-8-9-23-15(4)11-14(3)21-19(18)23;1-4-17(24)21-14-6-5-7-15(11-14)22-19(25)16-8-9-23-13(3)10-12(2)20-18(16)23;1-12(2)15-6-5-7-16(11-15)21-19(23)17-8-9-22-14(4)10-13(3)20-18(17)22;1-11-5-4-6-14(9-11)19-17(21)15-7-8-20-13(3)10-12(2)18-16(15)20/h3-5,8-11H,6-7H2,1-2H3,(H,23,28);5-9,11-13H,10H2,1-4H3,(H,22,24);5-11H,4H2,1-3H3,(H,21,24)(H,22,25);5-12H,1-4H3,(H,21,23);4-10H,1-3H3,(H,19,21). The molecule has 123 heavy (non-hydrogen) atoms. The summed E-state index contributed by atoms with van der Waals surface area (Å²) in [6.45, 7) is 31.9. The summed E-state index contributed by atoms with van der Waals surface area (Å²) in [4.78, 5) is 138. The molecule has 1 saturated heterocycles. The molecule has 6 N–H and O–H groups in total. The molecular formula is C96H99N17O10. The van der Waals surface area contributed by atoms with Gasteiger partial charge in [-0.1, -0.05) is 83.1 Å². The van der Waals surface area contributed by atoms with Crippen LogP contribution in [-0.2, 0) is 25.6 Å². The van der Waals surface area contributed by atoms with E-state index in [2.05, 4.69) is 96.6 Å². The van der Waals surface area contributed by atoms with Gasteiger partial charge in [0.15, 0.2) is 0 Å². The zero-order valence-electron chi connectivity index (χ0n) is 71.7. The molecular weight excluding hydrogens is 1550 g/mol. The molecule has 1 aliphatic rings. The van der Waals surface area contributed by atoms with Crippen molar-refractivity contribution in [2.45, 2.75) is 142 Å². The molecule has 11 heterocycles. The molecule has 1 fully saturated rings. The number of hydrogen-bond donors (Lipinski definition) is 6. The van der Waals surface area contributed by atoms with Gasteiger partial charge in [-0.05, 0) is 245 Å². The molecule has 628 valence electrons. The summed E-state index contributed by atoms with van der Waals surface area (Å²) >= 11 is 0. The lowest BCUT2D eigenvalue weighted by molar-refractivity contribution is -0.172. The first-order valence-electron chi connectivity index (χ1n) is 40.4. The van der Waals surface area contributed by atoms with E-state index in [1.807, 2.05) is 226 Å². The zero-order chi connectivity index (χ0) is 88.2. The molecule has 0 aliphatic carbocycles. The van der Waals surface area contributed by atoms with Crippen LogP contribution in [0.4, 0.5) is 34.1 Å². The first kappa shape index (κ1) is 87.3. The maximum Gasteiger partial charge on any atom is 0.363 e. The van der Waals surface area contributed by atoms with E-state index >= 15 is 0 Å². The highest BCUT2D eigenvalue weighted by molar-refractivity contribution is 6.12. The fourth-order valence-corrected chi connectivity index (χ4v) is 14.2. The van der Waals surface area contributed by atoms with Crippen LogP contribution < -0.4 is 31.9 Å². The van der Waals surface area contributed by atoms with Gasteiger partial charge in [0.1, 0.15) is 28.2 Å². The van der Waals surface area contributed by atoms with Crippen LogP contribution >= 0.6 is 0 Å². The second-order valence-corrected chi connectivity index (χ2v) is 31.1. The van der Waals surface area contributed by atoms with Crippen LogP contribution in [0.25, 0.3) is 28.2 Å². The van der Waals surface area contributed by atoms with Gasteiger partial charge in [0.25, 0.3) is 41.4 Å². The van der Waals surface area contributed by atoms with E-state index in [4.69, 9.17) is 4.84 Å². The van der Waals surface area contributed by atoms with Crippen LogP contribution in [0.2, 0.25) is 0 Å². The number of aromatic nitrogens is 10. The van der Waals surface area contributed by atoms with Gasteiger partial charge in [0, 0.05) is 141 Å². The zero-order valence-corrected chi connectivity index (χ0v) is 71.7. The van der Waals surface area contributed by atoms with Crippen LogP contribution in [0.5, 0.6) is 0 Å². The molecule has 0 bridgehead atoms. The van der Waals surface area contributed by atoms with E-state index in [1.165, 1.54) is 23.3 Å². The molecule has 27 nitrogen and oxygen atoms in total. The molecule has 0 unspecified atom stereocenters. The van der Waals surface area contributed by atoms with Gasteiger partial charge in [-0.15, -0.1) is 5.06 Å². The number of amides is 8. The van der Waals surface area contributed by atoms with Gasteiger partial charge < -0.3 is 58.7 Å². The molecule has 0 atom stereocenters. The molecule has 1 aliphatic heterocycles. The number of aryl methyl sites for hydroxylation is 11. The van der Waals surface area contributed by atoms with Crippen molar-refractivity contribution in [1.29, 1.82) is 0 Å². The van der Waals surface area contributed by atoms with E-state index < -0.39 is 17.8 Å². The summed E-state index contributed by atoms with van der Waals surface area (Å²) < 4.78 is 9.52. The van der Waals surface area contributed by atoms with Crippen molar-refractivity contribution in [2.24, 2.45) is 5.92 Å². The van der Waals surface area contributed by atoms with Crippen LogP contribution in [0.1, 0.15) is 196 Å². The van der Waals surface area contributed by atoms with E-state index in [-0.39, 0.29) is 53.8 Å². The van der Waals surface area contributed by atoms with Crippen molar-refractivity contribution in [3.05, 3.63) is 320 Å². The molecule has 8 amide bonds. The van der Waals surface area contributed by atoms with E-state index in [1.54, 1.807) is 67.7 Å². The smallest absolute Gasteiger partial charge is 0.326 e. The second kappa shape index (κ2) is 38.4. The molecule has 0 saturated carbocycles. The number of benzene rings is 5. The number of anilines is 6. The normalized spacial score (nSPS) is 11.6. The summed E-state index contributed by atoms with van der Waals surface area (Å²) in [5.41, 5.74) is 23.1. The fourth-order valence-electron chi connectivity index (χ4n) is 14.2. The van der Waals surface area contributed by atoms with Crippen LogP contribution in [-0.4, -0.2) is 105 Å². The Balaban J connectivity index is 0.000000141. The third-order valence-electron chi connectivity index (χ3n) is 20.1. The van der Waals surface area contributed by atoms with Crippen LogP contribution in [0.15, 0.2) is 213 Å². The van der Waals surface area contributed by atoms with Crippen molar-refractivity contribution in [3.8, 4) is 0 Å². The molecule has 0 spiro atoms. The lowest BCUT2D eigenvalue weighted by atomic mass is 10.0. The van der Waals surface area contributed by atoms with Gasteiger partial charge in [-0.3, -0.25) is 38.4 Å². The maximum absolute atomic E-state index is 12.8. The second-order valence-electron chi connectivity index (χ2n) is 31.1. The highest BCUT2D eigenvalue weighted by Crippen LogP contribution is 2.27. The minimum absolute atomic E-state index is 0.0147. The Morgan fingerprint density at radius 2 is 0.667 bits per heavy atom. The van der Waals surface area contributed by atoms with Gasteiger partial charge in [-0.2, -0.15) is 0 Å². The Morgan fingerprint density at radius 1 is 0.358 bits per heavy atom. The monoisotopic (exact) mass is 1650 g/mol. The number of nitrogens with one attached hydrogen (secondary N) is 6. The van der Waals surface area contributed by atoms with Crippen molar-refractivity contribution in [2.75, 3.05) is 31.9 Å². The average molecular weight is 1650 g/mol. The molecule has 27 heteroatoms. The molecule has 10 aromatic heterocycles. The Morgan fingerprint density at radius 3 is 1.02 bits per heavy atom. The number of fused-ring (bicyclic) bond motifs is 5. The van der Waals surface area contributed by atoms with Gasteiger partial charge in [0.05, 0.1) is 33.4 Å². The number of carbonyl (C=O) groups is 9. The van der Waals surface area contributed by atoms with Gasteiger partial charge in [0.2, 0.25) is 5.91 Å². The fraction of sp³-hybridized carbons (Fsp3) is 0.229. The maximum atomic E-state index is 12.8. The van der Waals surface area contributed by atoms with Crippen molar-refractivity contribution >= 4 is 116 Å². The summed E-state index contributed by atoms with van der Waals surface area (Å²) in [6.07, 6.45) is 10.7. The SMILES string of the molecule is CCC(=O)Nc1cccc(NC(=O)c2ccn3c(C)cc(C)nc23)c1.Cc1cc(C)n2ccc(C(=O)Nc3cccc(C(=O)ON4C(=O)CCC4=O)c3)c2n1.Cc1cc(C)n2ccc(C(=O)Nc3cccc(C(C)C)c3)c2n1.Cc1cc(C)n2ccc(C(=O)Nc3cccc(CC(C)C)c3)c2n1.Cc1cccc(NC(=O)c2ccn3c(C)cc(C)nc23)c1. The first-order chi connectivity index (χ1) is 58.7. The van der Waals surface area contributed by atoms with E-state index in [0.29, 0.717) is 96.4 Å². The third-order valence-corrected chi connectivity index (χ3v) is 20.1. The summed E-state index contributed by atoms with van der Waals surface area (Å²) in [7, 11) is 0.